The van der Waals surface area contributed by atoms with E-state index in [0.29, 0.717) is 12.3 Å². The zero-order chi connectivity index (χ0) is 13.2. The van der Waals surface area contributed by atoms with E-state index in [9.17, 15) is 4.79 Å². The Labute approximate surface area is 111 Å². The number of carbonyl (C=O) groups excluding carboxylic acids is 1. The summed E-state index contributed by atoms with van der Waals surface area (Å²) < 4.78 is 5.62. The second-order valence-electron chi connectivity index (χ2n) is 4.85. The van der Waals surface area contributed by atoms with Crippen LogP contribution in [0, 0.1) is 0 Å². The van der Waals surface area contributed by atoms with Crippen molar-refractivity contribution in [2.75, 3.05) is 13.1 Å². The molecule has 2 heterocycles. The highest BCUT2D eigenvalue weighted by molar-refractivity contribution is 5.92. The van der Waals surface area contributed by atoms with Crippen LogP contribution in [0.5, 0.6) is 0 Å². The van der Waals surface area contributed by atoms with Gasteiger partial charge in [-0.3, -0.25) is 4.79 Å². The summed E-state index contributed by atoms with van der Waals surface area (Å²) in [5.41, 5.74) is 6.62. The van der Waals surface area contributed by atoms with Crippen LogP contribution >= 0.6 is 0 Å². The normalized spacial score (nSPS) is 19.6. The lowest BCUT2D eigenvalue weighted by Gasteiger charge is -2.12. The molecule has 4 nitrogen and oxygen atoms in total. The van der Waals surface area contributed by atoms with Gasteiger partial charge in [-0.2, -0.15) is 0 Å². The first kappa shape index (κ1) is 12.0. The summed E-state index contributed by atoms with van der Waals surface area (Å²) in [5.74, 6) is 0.687. The lowest BCUT2D eigenvalue weighted by Crippen LogP contribution is -2.30. The van der Waals surface area contributed by atoms with Crippen molar-refractivity contribution < 1.29 is 9.21 Å². The number of likely N-dealkylation sites (tertiary alicyclic amines) is 1. The predicted octanol–water partition coefficient (Wildman–Crippen LogP) is 2.01. The molecule has 4 heteroatoms. The zero-order valence-corrected chi connectivity index (χ0v) is 10.6. The SMILES string of the molecule is NC1CCN(C(=O)C=Cc2cc3ccccc3o2)C1. The van der Waals surface area contributed by atoms with E-state index in [4.69, 9.17) is 10.2 Å². The summed E-state index contributed by atoms with van der Waals surface area (Å²) in [7, 11) is 0. The largest absolute Gasteiger partial charge is 0.457 e. The second-order valence-corrected chi connectivity index (χ2v) is 4.85. The Morgan fingerprint density at radius 2 is 2.26 bits per heavy atom. The predicted molar refractivity (Wildman–Crippen MR) is 74.4 cm³/mol. The number of nitrogens with zero attached hydrogens (tertiary/aromatic N) is 1. The van der Waals surface area contributed by atoms with Gasteiger partial charge in [-0.25, -0.2) is 0 Å². The number of fused-ring (bicyclic) bond motifs is 1. The number of rotatable bonds is 2. The quantitative estimate of drug-likeness (QED) is 0.836. The number of para-hydroxylation sites is 1. The van der Waals surface area contributed by atoms with Crippen LogP contribution in [-0.4, -0.2) is 29.9 Å². The van der Waals surface area contributed by atoms with Crippen LogP contribution in [0.1, 0.15) is 12.2 Å². The molecule has 3 rings (SSSR count). The standard InChI is InChI=1S/C15H16N2O2/c16-12-7-8-17(10-12)15(18)6-5-13-9-11-3-1-2-4-14(11)19-13/h1-6,9,12H,7-8,10,16H2. The van der Waals surface area contributed by atoms with Crippen molar-refractivity contribution >= 4 is 23.0 Å². The maximum Gasteiger partial charge on any atom is 0.246 e. The molecule has 1 atom stereocenters. The number of nitrogens with two attached hydrogens (primary N) is 1. The smallest absolute Gasteiger partial charge is 0.246 e. The number of furan rings is 1. The van der Waals surface area contributed by atoms with E-state index in [-0.39, 0.29) is 11.9 Å². The maximum absolute atomic E-state index is 11.9. The molecule has 1 saturated heterocycles. The molecule has 1 aliphatic heterocycles. The van der Waals surface area contributed by atoms with Gasteiger partial charge in [-0.05, 0) is 24.6 Å². The van der Waals surface area contributed by atoms with E-state index in [1.807, 2.05) is 30.3 Å². The van der Waals surface area contributed by atoms with Gasteiger partial charge in [0.2, 0.25) is 5.91 Å². The molecule has 0 saturated carbocycles. The van der Waals surface area contributed by atoms with Crippen molar-refractivity contribution in [3.8, 4) is 0 Å². The average molecular weight is 256 g/mol. The fourth-order valence-electron chi connectivity index (χ4n) is 2.33. The third-order valence-corrected chi connectivity index (χ3v) is 3.37. The van der Waals surface area contributed by atoms with E-state index < -0.39 is 0 Å². The van der Waals surface area contributed by atoms with Crippen molar-refractivity contribution in [1.29, 1.82) is 0 Å². The number of hydrogen-bond donors (Lipinski definition) is 1. The Morgan fingerprint density at radius 1 is 1.42 bits per heavy atom. The van der Waals surface area contributed by atoms with Crippen LogP contribution in [0.15, 0.2) is 40.8 Å². The summed E-state index contributed by atoms with van der Waals surface area (Å²) in [6.07, 6.45) is 4.14. The molecule has 0 spiro atoms. The minimum absolute atomic E-state index is 0.00611. The zero-order valence-electron chi connectivity index (χ0n) is 10.6. The Bertz CT molecular complexity index is 597. The average Bonchev–Trinajstić information content (AvgIpc) is 3.01. The van der Waals surface area contributed by atoms with Gasteiger partial charge in [0.15, 0.2) is 0 Å². The van der Waals surface area contributed by atoms with Crippen LogP contribution in [-0.2, 0) is 4.79 Å². The first-order valence-corrected chi connectivity index (χ1v) is 6.43. The monoisotopic (exact) mass is 256 g/mol. The minimum Gasteiger partial charge on any atom is -0.457 e. The molecule has 2 N–H and O–H groups in total. The van der Waals surface area contributed by atoms with Crippen molar-refractivity contribution in [3.63, 3.8) is 0 Å². The highest BCUT2D eigenvalue weighted by Crippen LogP contribution is 2.19. The van der Waals surface area contributed by atoms with Crippen LogP contribution in [0.3, 0.4) is 0 Å². The Balaban J connectivity index is 1.73. The van der Waals surface area contributed by atoms with E-state index in [1.54, 1.807) is 17.1 Å². The molecule has 1 unspecified atom stereocenters. The van der Waals surface area contributed by atoms with Crippen molar-refractivity contribution in [2.24, 2.45) is 5.73 Å². The summed E-state index contributed by atoms with van der Waals surface area (Å²) in [5, 5.41) is 1.04. The summed E-state index contributed by atoms with van der Waals surface area (Å²) in [4.78, 5) is 13.7. The minimum atomic E-state index is -0.00611. The molecular formula is C15H16N2O2. The van der Waals surface area contributed by atoms with Crippen LogP contribution in [0.4, 0.5) is 0 Å². The van der Waals surface area contributed by atoms with E-state index >= 15 is 0 Å². The fourth-order valence-corrected chi connectivity index (χ4v) is 2.33. The molecular weight excluding hydrogens is 240 g/mol. The third kappa shape index (κ3) is 2.53. The van der Waals surface area contributed by atoms with Crippen LogP contribution < -0.4 is 5.73 Å². The second kappa shape index (κ2) is 4.90. The highest BCUT2D eigenvalue weighted by Gasteiger charge is 2.21. The number of hydrogen-bond acceptors (Lipinski definition) is 3. The van der Waals surface area contributed by atoms with Gasteiger partial charge in [0, 0.05) is 30.6 Å². The molecule has 1 aliphatic rings. The molecule has 1 aromatic carbocycles. The van der Waals surface area contributed by atoms with Gasteiger partial charge >= 0.3 is 0 Å². The van der Waals surface area contributed by atoms with Gasteiger partial charge in [0.25, 0.3) is 0 Å². The van der Waals surface area contributed by atoms with Gasteiger partial charge in [-0.15, -0.1) is 0 Å². The van der Waals surface area contributed by atoms with Crippen molar-refractivity contribution in [2.45, 2.75) is 12.5 Å². The topological polar surface area (TPSA) is 59.5 Å². The lowest BCUT2D eigenvalue weighted by atomic mass is 10.2. The van der Waals surface area contributed by atoms with Crippen LogP contribution in [0.25, 0.3) is 17.0 Å². The first-order valence-electron chi connectivity index (χ1n) is 6.43. The van der Waals surface area contributed by atoms with Crippen molar-refractivity contribution in [3.05, 3.63) is 42.2 Å². The lowest BCUT2D eigenvalue weighted by molar-refractivity contribution is -0.124. The molecule has 0 aliphatic carbocycles. The van der Waals surface area contributed by atoms with Gasteiger partial charge in [0.1, 0.15) is 11.3 Å². The van der Waals surface area contributed by atoms with E-state index in [0.717, 1.165) is 23.9 Å². The van der Waals surface area contributed by atoms with Gasteiger partial charge in [-0.1, -0.05) is 18.2 Å². The Kier molecular flexibility index (Phi) is 3.09. The summed E-state index contributed by atoms with van der Waals surface area (Å²) >= 11 is 0. The Hall–Kier alpha value is -2.07. The number of carbonyl (C=O) groups is 1. The molecule has 0 bridgehead atoms. The third-order valence-electron chi connectivity index (χ3n) is 3.37. The molecule has 98 valence electrons. The highest BCUT2D eigenvalue weighted by atomic mass is 16.3. The molecule has 2 aromatic rings. The molecule has 0 radical (unpaired) electrons. The molecule has 1 fully saturated rings. The molecule has 1 aromatic heterocycles. The van der Waals surface area contributed by atoms with Crippen molar-refractivity contribution in [1.82, 2.24) is 4.90 Å². The summed E-state index contributed by atoms with van der Waals surface area (Å²) in [6.45, 7) is 1.38. The fraction of sp³-hybridized carbons (Fsp3) is 0.267. The Morgan fingerprint density at radius 3 is 3.00 bits per heavy atom. The van der Waals surface area contributed by atoms with Gasteiger partial charge in [0.05, 0.1) is 0 Å². The molecule has 1 amide bonds. The van der Waals surface area contributed by atoms with Gasteiger partial charge < -0.3 is 15.1 Å². The molecule has 19 heavy (non-hydrogen) atoms. The first-order chi connectivity index (χ1) is 9.22. The summed E-state index contributed by atoms with van der Waals surface area (Å²) in [6, 6.07) is 9.82. The number of amides is 1. The maximum atomic E-state index is 11.9. The number of benzene rings is 1. The van der Waals surface area contributed by atoms with E-state index in [2.05, 4.69) is 0 Å². The van der Waals surface area contributed by atoms with Crippen LogP contribution in [0.2, 0.25) is 0 Å². The van der Waals surface area contributed by atoms with E-state index in [1.165, 1.54) is 0 Å².